The molecule has 3 aromatic heterocycles. The van der Waals surface area contributed by atoms with Crippen molar-refractivity contribution in [3.63, 3.8) is 0 Å². The van der Waals surface area contributed by atoms with Crippen molar-refractivity contribution in [1.82, 2.24) is 29.5 Å². The summed E-state index contributed by atoms with van der Waals surface area (Å²) in [5.74, 6) is 0.856. The number of nitrogens with two attached hydrogens (primary N) is 1. The topological polar surface area (TPSA) is 136 Å². The second kappa shape index (κ2) is 17.4. The van der Waals surface area contributed by atoms with Crippen LogP contribution in [0.25, 0.3) is 27.7 Å². The van der Waals surface area contributed by atoms with Crippen molar-refractivity contribution in [3.05, 3.63) is 84.2 Å². The summed E-state index contributed by atoms with van der Waals surface area (Å²) >= 11 is 0. The first-order valence-electron chi connectivity index (χ1n) is 18.3. The van der Waals surface area contributed by atoms with Crippen molar-refractivity contribution in [3.8, 4) is 11.3 Å². The number of piperidine rings is 1. The van der Waals surface area contributed by atoms with Gasteiger partial charge in [-0.1, -0.05) is 75.9 Å². The summed E-state index contributed by atoms with van der Waals surface area (Å²) in [6, 6.07) is 16.0. The first-order chi connectivity index (χ1) is 24.9. The van der Waals surface area contributed by atoms with E-state index in [2.05, 4.69) is 56.6 Å². The molecule has 51 heavy (non-hydrogen) atoms. The Bertz CT molecular complexity index is 1940. The van der Waals surface area contributed by atoms with Crippen molar-refractivity contribution >= 4 is 39.9 Å². The molecule has 1 saturated heterocycles. The van der Waals surface area contributed by atoms with E-state index in [0.717, 1.165) is 58.5 Å². The Morgan fingerprint density at radius 2 is 1.80 bits per heavy atom. The Hall–Kier alpha value is -4.87. The lowest BCUT2D eigenvalue weighted by Crippen LogP contribution is -2.29. The normalized spacial score (nSPS) is 15.7. The van der Waals surface area contributed by atoms with Gasteiger partial charge in [0.2, 0.25) is 17.8 Å². The van der Waals surface area contributed by atoms with Gasteiger partial charge in [-0.2, -0.15) is 19.6 Å². The van der Waals surface area contributed by atoms with Gasteiger partial charge >= 0.3 is 0 Å². The molecule has 0 atom stereocenters. The quantitative estimate of drug-likeness (QED) is 0.127. The smallest absolute Gasteiger partial charge is 0.248 e. The zero-order valence-corrected chi connectivity index (χ0v) is 30.1. The number of amides is 1. The van der Waals surface area contributed by atoms with Crippen LogP contribution >= 0.6 is 0 Å². The summed E-state index contributed by atoms with van der Waals surface area (Å²) < 4.78 is 6.89. The van der Waals surface area contributed by atoms with Crippen LogP contribution in [0.3, 0.4) is 0 Å². The van der Waals surface area contributed by atoms with Gasteiger partial charge in [0.25, 0.3) is 0 Å². The molecule has 0 spiro atoms. The van der Waals surface area contributed by atoms with Gasteiger partial charge in [0.15, 0.2) is 5.65 Å². The van der Waals surface area contributed by atoms with Crippen molar-refractivity contribution in [2.24, 2.45) is 0 Å². The third-order valence-corrected chi connectivity index (χ3v) is 9.74. The van der Waals surface area contributed by atoms with E-state index >= 15 is 0 Å². The Balaban J connectivity index is 0.000000495. The van der Waals surface area contributed by atoms with Gasteiger partial charge in [-0.15, -0.1) is 0 Å². The largest absolute Gasteiger partial charge is 0.381 e. The number of ether oxygens (including phenoxy) is 1. The number of carbonyl (C=O) groups excluding carboxylic acids is 1. The minimum atomic E-state index is -0.126. The van der Waals surface area contributed by atoms with Crippen LogP contribution < -0.4 is 16.4 Å². The molecule has 0 radical (unpaired) electrons. The second-order valence-corrected chi connectivity index (χ2v) is 13.8. The number of aromatic nitrogens is 5. The molecule has 11 nitrogen and oxygen atoms in total. The molecule has 1 aliphatic heterocycles. The van der Waals surface area contributed by atoms with E-state index in [4.69, 9.17) is 15.5 Å². The van der Waals surface area contributed by atoms with Crippen LogP contribution in [0.5, 0.6) is 0 Å². The highest BCUT2D eigenvalue weighted by Crippen LogP contribution is 2.31. The fourth-order valence-electron chi connectivity index (χ4n) is 6.92. The highest BCUT2D eigenvalue weighted by Gasteiger charge is 2.16. The van der Waals surface area contributed by atoms with Crippen LogP contribution in [0.15, 0.2) is 73.1 Å². The Morgan fingerprint density at radius 1 is 1.02 bits per heavy atom. The molecule has 1 amide bonds. The van der Waals surface area contributed by atoms with Crippen LogP contribution in [0, 0.1) is 0 Å². The Morgan fingerprint density at radius 3 is 2.57 bits per heavy atom. The van der Waals surface area contributed by atoms with Gasteiger partial charge < -0.3 is 21.1 Å². The van der Waals surface area contributed by atoms with E-state index < -0.39 is 0 Å². The van der Waals surface area contributed by atoms with Crippen LogP contribution in [0.4, 0.5) is 17.6 Å². The van der Waals surface area contributed by atoms with Crippen molar-refractivity contribution in [1.29, 1.82) is 0 Å². The lowest BCUT2D eigenvalue weighted by atomic mass is 9.98. The average molecular weight is 690 g/mol. The van der Waals surface area contributed by atoms with E-state index in [-0.39, 0.29) is 17.8 Å². The zero-order valence-electron chi connectivity index (χ0n) is 30.1. The summed E-state index contributed by atoms with van der Waals surface area (Å²) in [7, 11) is 1.82. The van der Waals surface area contributed by atoms with Crippen LogP contribution in [0.1, 0.15) is 82.3 Å². The lowest BCUT2D eigenvalue weighted by molar-refractivity contribution is -0.111. The fraction of sp³-hybridized carbons (Fsp3) is 0.425. The number of methoxy groups -OCH3 is 1. The molecule has 1 saturated carbocycles. The minimum absolute atomic E-state index is 0.126. The SMILES string of the molecule is CC(C)c1cnn2c(NCc3ccccc3-c3nccc4cc(NC(=O)/C=C/CN5CCCCC5)ccc34)nc(N)nc12.COC1CCCCC1. The maximum absolute atomic E-state index is 12.6. The molecule has 2 fully saturated rings. The average Bonchev–Trinajstić information content (AvgIpc) is 3.59. The van der Waals surface area contributed by atoms with Crippen LogP contribution in [-0.2, 0) is 16.1 Å². The molecule has 2 aromatic carbocycles. The van der Waals surface area contributed by atoms with E-state index in [0.29, 0.717) is 24.2 Å². The van der Waals surface area contributed by atoms with E-state index in [1.54, 1.807) is 16.8 Å². The van der Waals surface area contributed by atoms with Gasteiger partial charge in [-0.3, -0.25) is 14.7 Å². The Kier molecular flexibility index (Phi) is 12.2. The molecule has 11 heteroatoms. The van der Waals surface area contributed by atoms with E-state index in [9.17, 15) is 4.79 Å². The highest BCUT2D eigenvalue weighted by molar-refractivity contribution is 6.02. The molecule has 0 bridgehead atoms. The van der Waals surface area contributed by atoms with Gasteiger partial charge in [0.05, 0.1) is 18.0 Å². The third kappa shape index (κ3) is 9.28. The van der Waals surface area contributed by atoms with Crippen molar-refractivity contribution in [2.45, 2.75) is 83.8 Å². The summed E-state index contributed by atoms with van der Waals surface area (Å²) in [4.78, 5) is 28.6. The third-order valence-electron chi connectivity index (χ3n) is 9.74. The molecule has 2 aliphatic rings. The highest BCUT2D eigenvalue weighted by atomic mass is 16.5. The molecule has 1 aliphatic carbocycles. The number of carbonyl (C=O) groups is 1. The monoisotopic (exact) mass is 689 g/mol. The molecule has 5 aromatic rings. The fourth-order valence-corrected chi connectivity index (χ4v) is 6.92. The Labute approximate surface area is 300 Å². The number of fused-ring (bicyclic) bond motifs is 2. The molecular formula is C40H51N9O2. The number of nitrogens with one attached hydrogen (secondary N) is 2. The number of rotatable bonds is 10. The number of nitrogen functional groups attached to an aromatic ring is 1. The number of benzene rings is 2. The summed E-state index contributed by atoms with van der Waals surface area (Å²) in [6.07, 6.45) is 18.3. The van der Waals surface area contributed by atoms with Crippen LogP contribution in [-0.4, -0.2) is 68.2 Å². The van der Waals surface area contributed by atoms with E-state index in [1.807, 2.05) is 55.8 Å². The molecule has 4 heterocycles. The summed E-state index contributed by atoms with van der Waals surface area (Å²) in [6.45, 7) is 7.70. The molecule has 268 valence electrons. The minimum Gasteiger partial charge on any atom is -0.381 e. The zero-order chi connectivity index (χ0) is 35.6. The first-order valence-corrected chi connectivity index (χ1v) is 18.3. The predicted molar refractivity (Wildman–Crippen MR) is 206 cm³/mol. The van der Waals surface area contributed by atoms with Gasteiger partial charge in [-0.25, -0.2) is 0 Å². The second-order valence-electron chi connectivity index (χ2n) is 13.8. The number of nitrogens with zero attached hydrogens (tertiary/aromatic N) is 6. The van der Waals surface area contributed by atoms with Gasteiger partial charge in [0.1, 0.15) is 0 Å². The number of hydrogen-bond donors (Lipinski definition) is 3. The standard InChI is InChI=1S/C33H37N9O.C7H14O/c1-22(2)28-21-37-42-31(28)39-32(34)40-33(42)36-20-24-9-4-5-10-26(24)30-27-13-12-25(19-23(27)14-15-35-30)38-29(43)11-8-18-41-16-6-3-7-17-41;1-8-7-5-3-2-4-6-7/h4-5,8-15,19,21-22H,3,6-7,16-18,20H2,1-2H3,(H,38,43)(H3,34,36,39,40);7H,2-6H2,1H3/b11-8+;. The molecule has 0 unspecified atom stereocenters. The number of pyridine rings is 1. The summed E-state index contributed by atoms with van der Waals surface area (Å²) in [5.41, 5.74) is 11.4. The maximum atomic E-state index is 12.6. The van der Waals surface area contributed by atoms with E-state index in [1.165, 1.54) is 51.4 Å². The van der Waals surface area contributed by atoms with Crippen molar-refractivity contribution < 1.29 is 9.53 Å². The van der Waals surface area contributed by atoms with Crippen molar-refractivity contribution in [2.75, 3.05) is 43.1 Å². The number of likely N-dealkylation sites (tertiary alicyclic amines) is 1. The number of anilines is 3. The number of hydrogen-bond acceptors (Lipinski definition) is 9. The van der Waals surface area contributed by atoms with Crippen LogP contribution in [0.2, 0.25) is 0 Å². The summed E-state index contributed by atoms with van der Waals surface area (Å²) in [5, 5.41) is 12.9. The molecule has 4 N–H and O–H groups in total. The lowest BCUT2D eigenvalue weighted by Gasteiger charge is -2.24. The van der Waals surface area contributed by atoms with Gasteiger partial charge in [-0.05, 0) is 73.8 Å². The first kappa shape index (κ1) is 35.9. The maximum Gasteiger partial charge on any atom is 0.248 e. The molecule has 7 rings (SSSR count). The van der Waals surface area contributed by atoms with Gasteiger partial charge in [0, 0.05) is 54.7 Å². The molecular weight excluding hydrogens is 639 g/mol. The predicted octanol–water partition coefficient (Wildman–Crippen LogP) is 7.60.